The highest BCUT2D eigenvalue weighted by atomic mass is 16.5. The second kappa shape index (κ2) is 13.5. The van der Waals surface area contributed by atoms with Crippen LogP contribution in [0.3, 0.4) is 0 Å². The van der Waals surface area contributed by atoms with E-state index in [9.17, 15) is 19.5 Å². The Bertz CT molecular complexity index is 1210. The number of piperidine rings is 1. The molecule has 1 aromatic heterocycles. The topological polar surface area (TPSA) is 109 Å². The van der Waals surface area contributed by atoms with E-state index >= 15 is 0 Å². The number of carbonyl (C=O) groups excluding carboxylic acids is 2. The standard InChI is InChI=1S/C31H44N2O6/c1-3-4-10-23-19-29(36)39-30-22(2)26(14-13-25(23)30)38-21-27(34)32-17-9-5-6-12-28(35)33-18-16-31(37)15-8-7-11-24(31)20-33/h13-14,19,24,37H,3-12,15-18,20-21H2,1-2H3,(H,32,34). The third-order valence-corrected chi connectivity index (χ3v) is 8.53. The molecule has 4 rings (SSSR count). The van der Waals surface area contributed by atoms with Crippen LogP contribution in [0.2, 0.25) is 0 Å². The molecule has 2 aliphatic rings. The zero-order valence-electron chi connectivity index (χ0n) is 23.6. The summed E-state index contributed by atoms with van der Waals surface area (Å²) in [6.07, 6.45) is 10.6. The van der Waals surface area contributed by atoms with Gasteiger partial charge in [-0.3, -0.25) is 9.59 Å². The Labute approximate surface area is 231 Å². The summed E-state index contributed by atoms with van der Waals surface area (Å²) in [7, 11) is 0. The second-order valence-electron chi connectivity index (χ2n) is 11.3. The summed E-state index contributed by atoms with van der Waals surface area (Å²) in [6, 6.07) is 5.28. The molecule has 2 aromatic rings. The van der Waals surface area contributed by atoms with Gasteiger partial charge in [-0.2, -0.15) is 0 Å². The number of nitrogens with one attached hydrogen (secondary N) is 1. The highest BCUT2D eigenvalue weighted by Crippen LogP contribution is 2.40. The second-order valence-corrected chi connectivity index (χ2v) is 11.3. The number of unbranched alkanes of at least 4 members (excludes halogenated alkanes) is 3. The number of fused-ring (bicyclic) bond motifs is 2. The van der Waals surface area contributed by atoms with E-state index in [1.54, 1.807) is 6.07 Å². The van der Waals surface area contributed by atoms with Gasteiger partial charge in [-0.15, -0.1) is 0 Å². The smallest absolute Gasteiger partial charge is 0.336 e. The molecule has 8 heteroatoms. The van der Waals surface area contributed by atoms with Crippen LogP contribution >= 0.6 is 0 Å². The lowest BCUT2D eigenvalue weighted by Gasteiger charge is -2.47. The van der Waals surface area contributed by atoms with Crippen LogP contribution in [-0.4, -0.2) is 53.7 Å². The van der Waals surface area contributed by atoms with Crippen molar-refractivity contribution < 1.29 is 23.8 Å². The number of likely N-dealkylation sites (tertiary alicyclic amines) is 1. The van der Waals surface area contributed by atoms with Gasteiger partial charge in [0.1, 0.15) is 11.3 Å². The Morgan fingerprint density at radius 2 is 2.03 bits per heavy atom. The lowest BCUT2D eigenvalue weighted by molar-refractivity contribution is -0.143. The molecule has 1 saturated carbocycles. The third kappa shape index (κ3) is 7.41. The molecule has 2 N–H and O–H groups in total. The first kappa shape index (κ1) is 29.1. The van der Waals surface area contributed by atoms with Crippen molar-refractivity contribution in [1.29, 1.82) is 0 Å². The van der Waals surface area contributed by atoms with Crippen molar-refractivity contribution in [2.45, 2.75) is 96.5 Å². The summed E-state index contributed by atoms with van der Waals surface area (Å²) >= 11 is 0. The van der Waals surface area contributed by atoms with Crippen LogP contribution in [-0.2, 0) is 16.0 Å². The average molecular weight is 541 g/mol. The lowest BCUT2D eigenvalue weighted by atomic mass is 9.71. The van der Waals surface area contributed by atoms with Gasteiger partial charge in [0, 0.05) is 49.0 Å². The maximum absolute atomic E-state index is 12.7. The van der Waals surface area contributed by atoms with Gasteiger partial charge >= 0.3 is 5.63 Å². The van der Waals surface area contributed by atoms with E-state index < -0.39 is 5.60 Å². The fourth-order valence-electron chi connectivity index (χ4n) is 6.09. The molecule has 0 bridgehead atoms. The fourth-order valence-corrected chi connectivity index (χ4v) is 6.09. The van der Waals surface area contributed by atoms with Crippen LogP contribution in [0, 0.1) is 12.8 Å². The maximum Gasteiger partial charge on any atom is 0.336 e. The van der Waals surface area contributed by atoms with Gasteiger partial charge in [-0.05, 0) is 69.6 Å². The summed E-state index contributed by atoms with van der Waals surface area (Å²) in [6.45, 7) is 5.71. The molecule has 214 valence electrons. The van der Waals surface area contributed by atoms with Crippen molar-refractivity contribution in [2.24, 2.45) is 5.92 Å². The number of aryl methyl sites for hydroxylation is 2. The van der Waals surface area contributed by atoms with Gasteiger partial charge in [0.05, 0.1) is 5.60 Å². The van der Waals surface area contributed by atoms with Crippen molar-refractivity contribution in [2.75, 3.05) is 26.2 Å². The minimum absolute atomic E-state index is 0.118. The van der Waals surface area contributed by atoms with Crippen LogP contribution < -0.4 is 15.7 Å². The van der Waals surface area contributed by atoms with E-state index in [2.05, 4.69) is 12.2 Å². The Morgan fingerprint density at radius 1 is 1.18 bits per heavy atom. The number of nitrogens with zero attached hydrogens (tertiary/aromatic N) is 1. The first-order valence-electron chi connectivity index (χ1n) is 14.8. The highest BCUT2D eigenvalue weighted by Gasteiger charge is 2.43. The molecule has 2 atom stereocenters. The average Bonchev–Trinajstić information content (AvgIpc) is 2.92. The summed E-state index contributed by atoms with van der Waals surface area (Å²) < 4.78 is 11.2. The molecule has 39 heavy (non-hydrogen) atoms. The van der Waals surface area contributed by atoms with Gasteiger partial charge in [0.25, 0.3) is 5.91 Å². The molecule has 0 spiro atoms. The van der Waals surface area contributed by atoms with Crippen molar-refractivity contribution in [3.05, 3.63) is 39.7 Å². The van der Waals surface area contributed by atoms with Crippen LogP contribution in [0.5, 0.6) is 5.75 Å². The Morgan fingerprint density at radius 3 is 2.85 bits per heavy atom. The van der Waals surface area contributed by atoms with Crippen molar-refractivity contribution in [3.63, 3.8) is 0 Å². The normalized spacial score (nSPS) is 21.0. The van der Waals surface area contributed by atoms with E-state index in [1.807, 2.05) is 24.0 Å². The zero-order chi connectivity index (χ0) is 27.8. The van der Waals surface area contributed by atoms with E-state index in [1.165, 1.54) is 0 Å². The molecule has 1 aliphatic carbocycles. The number of benzene rings is 1. The first-order valence-corrected chi connectivity index (χ1v) is 14.8. The molecule has 1 aromatic carbocycles. The number of aliphatic hydroxyl groups is 1. The van der Waals surface area contributed by atoms with Crippen LogP contribution in [0.25, 0.3) is 11.0 Å². The molecule has 2 amide bonds. The number of amides is 2. The quantitative estimate of drug-likeness (QED) is 0.300. The van der Waals surface area contributed by atoms with Gasteiger partial charge in [-0.25, -0.2) is 4.79 Å². The monoisotopic (exact) mass is 540 g/mol. The van der Waals surface area contributed by atoms with E-state index in [0.29, 0.717) is 49.4 Å². The largest absolute Gasteiger partial charge is 0.483 e. The van der Waals surface area contributed by atoms with Crippen molar-refractivity contribution in [3.8, 4) is 5.75 Å². The number of rotatable bonds is 12. The first-order chi connectivity index (χ1) is 18.8. The maximum atomic E-state index is 12.7. The molecule has 2 fully saturated rings. The SMILES string of the molecule is CCCCc1cc(=O)oc2c(C)c(OCC(=O)NCCCCCC(=O)N3CCC4(O)CCCCC4C3)ccc12. The number of hydrogen-bond donors (Lipinski definition) is 2. The van der Waals surface area contributed by atoms with E-state index in [0.717, 1.165) is 75.2 Å². The molecule has 0 radical (unpaired) electrons. The van der Waals surface area contributed by atoms with Crippen LogP contribution in [0.15, 0.2) is 27.4 Å². The minimum Gasteiger partial charge on any atom is -0.483 e. The Kier molecular flexibility index (Phi) is 10.1. The van der Waals surface area contributed by atoms with Crippen molar-refractivity contribution in [1.82, 2.24) is 10.2 Å². The highest BCUT2D eigenvalue weighted by molar-refractivity contribution is 5.85. The Balaban J connectivity index is 1.15. The zero-order valence-corrected chi connectivity index (χ0v) is 23.6. The molecule has 2 unspecified atom stereocenters. The van der Waals surface area contributed by atoms with E-state index in [-0.39, 0.29) is 30.0 Å². The van der Waals surface area contributed by atoms with Gasteiger partial charge in [-0.1, -0.05) is 32.6 Å². The van der Waals surface area contributed by atoms with Crippen molar-refractivity contribution >= 4 is 22.8 Å². The summed E-state index contributed by atoms with van der Waals surface area (Å²) in [4.78, 5) is 39.0. The third-order valence-electron chi connectivity index (χ3n) is 8.53. The minimum atomic E-state index is -0.558. The molecule has 1 aliphatic heterocycles. The Hall–Kier alpha value is -2.87. The molecular formula is C31H44N2O6. The molecular weight excluding hydrogens is 496 g/mol. The molecule has 8 nitrogen and oxygen atoms in total. The van der Waals surface area contributed by atoms with Gasteiger partial charge in [0.2, 0.25) is 5.91 Å². The summed E-state index contributed by atoms with van der Waals surface area (Å²) in [5.41, 5.74) is 1.27. The summed E-state index contributed by atoms with van der Waals surface area (Å²) in [5.74, 6) is 0.717. The number of carbonyl (C=O) groups is 2. The lowest BCUT2D eigenvalue weighted by Crippen LogP contribution is -2.54. The van der Waals surface area contributed by atoms with Crippen LogP contribution in [0.4, 0.5) is 0 Å². The molecule has 2 heterocycles. The molecule has 1 saturated heterocycles. The predicted octanol–water partition coefficient (Wildman–Crippen LogP) is 4.65. The van der Waals surface area contributed by atoms with Crippen LogP contribution in [0.1, 0.15) is 88.7 Å². The van der Waals surface area contributed by atoms with E-state index in [4.69, 9.17) is 9.15 Å². The fraction of sp³-hybridized carbons (Fsp3) is 0.645. The van der Waals surface area contributed by atoms with Gasteiger partial charge in [0.15, 0.2) is 6.61 Å². The number of hydrogen-bond acceptors (Lipinski definition) is 6. The number of ether oxygens (including phenoxy) is 1. The predicted molar refractivity (Wildman–Crippen MR) is 151 cm³/mol. The summed E-state index contributed by atoms with van der Waals surface area (Å²) in [5, 5.41) is 14.6. The van der Waals surface area contributed by atoms with Gasteiger partial charge < -0.3 is 24.5 Å².